The summed E-state index contributed by atoms with van der Waals surface area (Å²) in [4.78, 5) is 0. The fourth-order valence-electron chi connectivity index (χ4n) is 4.84. The molecule has 0 aliphatic carbocycles. The minimum Gasteiger partial charge on any atom is -0.206 e. The Labute approximate surface area is 222 Å². The van der Waals surface area contributed by atoms with E-state index in [1.165, 1.54) is 12.1 Å². The van der Waals surface area contributed by atoms with Gasteiger partial charge in [-0.15, -0.1) is 0 Å². The van der Waals surface area contributed by atoms with Gasteiger partial charge in [-0.1, -0.05) is 67.9 Å². The number of halogens is 6. The molecule has 0 unspecified atom stereocenters. The molecule has 5 rings (SSSR count). The van der Waals surface area contributed by atoms with Crippen LogP contribution in [0.1, 0.15) is 30.0 Å². The molecule has 0 N–H and O–H groups in total. The summed E-state index contributed by atoms with van der Waals surface area (Å²) in [5.74, 6) is -6.64. The molecule has 0 nitrogen and oxygen atoms in total. The normalized spacial score (nSPS) is 11.4. The van der Waals surface area contributed by atoms with Gasteiger partial charge in [0.1, 0.15) is 5.82 Å². The molecule has 0 aliphatic rings. The molecule has 0 heterocycles. The summed E-state index contributed by atoms with van der Waals surface area (Å²) >= 11 is 0. The van der Waals surface area contributed by atoms with Crippen molar-refractivity contribution in [1.82, 2.24) is 0 Å². The minimum atomic E-state index is -1.59. The molecule has 0 aromatic heterocycles. The second-order valence-corrected chi connectivity index (χ2v) is 9.61. The van der Waals surface area contributed by atoms with Crippen molar-refractivity contribution >= 4 is 10.8 Å². The van der Waals surface area contributed by atoms with E-state index in [1.807, 2.05) is 37.3 Å². The number of aryl methyl sites for hydroxylation is 3. The van der Waals surface area contributed by atoms with E-state index in [0.717, 1.165) is 34.9 Å². The molecule has 5 aromatic rings. The first-order chi connectivity index (χ1) is 18.7. The van der Waals surface area contributed by atoms with Gasteiger partial charge in [0.2, 0.25) is 0 Å². The molecule has 6 heteroatoms. The first-order valence-corrected chi connectivity index (χ1v) is 12.7. The molecular weight excluding hydrogens is 510 g/mol. The van der Waals surface area contributed by atoms with Crippen molar-refractivity contribution in [1.29, 1.82) is 0 Å². The Morgan fingerprint density at radius 1 is 0.462 bits per heavy atom. The lowest BCUT2D eigenvalue weighted by molar-refractivity contribution is 0.447. The average Bonchev–Trinajstić information content (AvgIpc) is 2.93. The van der Waals surface area contributed by atoms with Crippen molar-refractivity contribution in [3.63, 3.8) is 0 Å². The van der Waals surface area contributed by atoms with Crippen molar-refractivity contribution < 1.29 is 26.3 Å². The molecule has 0 aliphatic heterocycles. The molecule has 0 saturated heterocycles. The maximum Gasteiger partial charge on any atom is 0.194 e. The summed E-state index contributed by atoms with van der Waals surface area (Å²) in [6.45, 7) is 1.92. The van der Waals surface area contributed by atoms with Gasteiger partial charge in [-0.2, -0.15) is 0 Å². The average molecular weight is 535 g/mol. The van der Waals surface area contributed by atoms with Gasteiger partial charge in [0.25, 0.3) is 0 Å². The Morgan fingerprint density at radius 2 is 1.08 bits per heavy atom. The lowest BCUT2D eigenvalue weighted by atomic mass is 9.96. The van der Waals surface area contributed by atoms with Crippen LogP contribution in [0.2, 0.25) is 0 Å². The smallest absolute Gasteiger partial charge is 0.194 e. The molecular formula is C33H24F6. The lowest BCUT2D eigenvalue weighted by Crippen LogP contribution is -1.97. The molecule has 0 fully saturated rings. The van der Waals surface area contributed by atoms with Gasteiger partial charge in [0.15, 0.2) is 29.1 Å². The van der Waals surface area contributed by atoms with E-state index < -0.39 is 34.9 Å². The van der Waals surface area contributed by atoms with Crippen molar-refractivity contribution in [2.45, 2.75) is 32.6 Å². The Balaban J connectivity index is 1.32. The number of hydrogen-bond acceptors (Lipinski definition) is 0. The van der Waals surface area contributed by atoms with Crippen LogP contribution in [0.25, 0.3) is 33.0 Å². The topological polar surface area (TPSA) is 0 Å². The minimum absolute atomic E-state index is 0.0191. The van der Waals surface area contributed by atoms with E-state index in [2.05, 4.69) is 0 Å². The van der Waals surface area contributed by atoms with Gasteiger partial charge in [-0.25, -0.2) is 26.3 Å². The summed E-state index contributed by atoms with van der Waals surface area (Å²) < 4.78 is 84.3. The van der Waals surface area contributed by atoms with Crippen LogP contribution in [0.5, 0.6) is 0 Å². The maximum atomic E-state index is 14.7. The maximum absolute atomic E-state index is 14.7. The van der Waals surface area contributed by atoms with Gasteiger partial charge < -0.3 is 0 Å². The fourth-order valence-corrected chi connectivity index (χ4v) is 4.84. The summed E-state index contributed by atoms with van der Waals surface area (Å²) in [5, 5.41) is 1.81. The Bertz CT molecular complexity index is 1670. The zero-order valence-electron chi connectivity index (χ0n) is 21.1. The third kappa shape index (κ3) is 5.42. The molecule has 39 heavy (non-hydrogen) atoms. The standard InChI is InChI=1S/C33H24F6/c1-2-3-21-11-13-27(32(38)31(21)37)24-10-9-22-14-19(6-8-23(22)16-24)4-5-20-7-12-26(28(34)15-20)25-17-29(35)33(39)30(36)18-25/h6-18H,2-5H2,1H3. The molecule has 0 bridgehead atoms. The number of fused-ring (bicyclic) bond motifs is 1. The van der Waals surface area contributed by atoms with Gasteiger partial charge in [0, 0.05) is 11.1 Å². The first kappa shape index (κ1) is 26.5. The van der Waals surface area contributed by atoms with Crippen molar-refractivity contribution in [3.05, 3.63) is 130 Å². The summed E-state index contributed by atoms with van der Waals surface area (Å²) in [5.41, 5.74) is 2.78. The van der Waals surface area contributed by atoms with Gasteiger partial charge >= 0.3 is 0 Å². The summed E-state index contributed by atoms with van der Waals surface area (Å²) in [7, 11) is 0. The van der Waals surface area contributed by atoms with Gasteiger partial charge in [-0.3, -0.25) is 0 Å². The number of hydrogen-bond donors (Lipinski definition) is 0. The number of rotatable bonds is 7. The van der Waals surface area contributed by atoms with Crippen molar-refractivity contribution in [2.75, 3.05) is 0 Å². The van der Waals surface area contributed by atoms with Crippen LogP contribution in [0.15, 0.2) is 78.9 Å². The Hall–Kier alpha value is -4.06. The quantitative estimate of drug-likeness (QED) is 0.144. The predicted octanol–water partition coefficient (Wildman–Crippen LogP) is 9.75. The van der Waals surface area contributed by atoms with E-state index in [4.69, 9.17) is 0 Å². The van der Waals surface area contributed by atoms with Crippen LogP contribution in [0, 0.1) is 34.9 Å². The van der Waals surface area contributed by atoms with Crippen LogP contribution in [-0.4, -0.2) is 0 Å². The van der Waals surface area contributed by atoms with E-state index in [-0.39, 0.29) is 16.7 Å². The molecule has 0 amide bonds. The van der Waals surface area contributed by atoms with E-state index in [1.54, 1.807) is 24.3 Å². The Kier molecular flexibility index (Phi) is 7.47. The predicted molar refractivity (Wildman–Crippen MR) is 142 cm³/mol. The van der Waals surface area contributed by atoms with Crippen LogP contribution in [0.3, 0.4) is 0 Å². The largest absolute Gasteiger partial charge is 0.206 e. The number of benzene rings is 5. The highest BCUT2D eigenvalue weighted by Gasteiger charge is 2.16. The van der Waals surface area contributed by atoms with Crippen LogP contribution in [0.4, 0.5) is 26.3 Å². The summed E-state index contributed by atoms with van der Waals surface area (Å²) in [6.07, 6.45) is 2.33. The van der Waals surface area contributed by atoms with Crippen molar-refractivity contribution in [3.8, 4) is 22.3 Å². The molecule has 0 spiro atoms. The van der Waals surface area contributed by atoms with Crippen LogP contribution >= 0.6 is 0 Å². The Morgan fingerprint density at radius 3 is 1.77 bits per heavy atom. The third-order valence-corrected chi connectivity index (χ3v) is 6.93. The fraction of sp³-hybridized carbons (Fsp3) is 0.152. The molecule has 5 aromatic carbocycles. The van der Waals surface area contributed by atoms with Crippen LogP contribution in [-0.2, 0) is 19.3 Å². The highest BCUT2D eigenvalue weighted by Crippen LogP contribution is 2.31. The highest BCUT2D eigenvalue weighted by atomic mass is 19.2. The van der Waals surface area contributed by atoms with Crippen LogP contribution < -0.4 is 0 Å². The molecule has 198 valence electrons. The zero-order chi connectivity index (χ0) is 27.7. The lowest BCUT2D eigenvalue weighted by Gasteiger charge is -2.10. The van der Waals surface area contributed by atoms with Gasteiger partial charge in [-0.05, 0) is 82.1 Å². The summed E-state index contributed by atoms with van der Waals surface area (Å²) in [6, 6.07) is 20.5. The second kappa shape index (κ2) is 11.0. The van der Waals surface area contributed by atoms with E-state index >= 15 is 0 Å². The third-order valence-electron chi connectivity index (χ3n) is 6.93. The highest BCUT2D eigenvalue weighted by molar-refractivity contribution is 5.88. The second-order valence-electron chi connectivity index (χ2n) is 9.61. The first-order valence-electron chi connectivity index (χ1n) is 12.7. The van der Waals surface area contributed by atoms with Crippen molar-refractivity contribution in [2.24, 2.45) is 0 Å². The molecule has 0 saturated carbocycles. The van der Waals surface area contributed by atoms with Gasteiger partial charge in [0.05, 0.1) is 0 Å². The van der Waals surface area contributed by atoms with E-state index in [0.29, 0.717) is 36.0 Å². The zero-order valence-corrected chi connectivity index (χ0v) is 21.1. The van der Waals surface area contributed by atoms with E-state index in [9.17, 15) is 26.3 Å². The molecule has 0 radical (unpaired) electrons. The SMILES string of the molecule is CCCc1ccc(-c2ccc3cc(CCc4ccc(-c5cc(F)c(F)c(F)c5)c(F)c4)ccc3c2)c(F)c1F. The molecule has 0 atom stereocenters. The monoisotopic (exact) mass is 534 g/mol.